The average molecular weight is 433 g/mol. The standard InChI is InChI=1S/C21H32N5O3P/c1-20(2,3)29-19(28)25-6-4-21(5-7-25)13-24(14-21)8-9-26-12-15-10-16(30)11-22-17(15)23-18(26)27/h10-11H,4-9,12-14,30H2,1-3H3,(H,22,23,27). The first-order valence-electron chi connectivity index (χ1n) is 10.6. The Labute approximate surface area is 180 Å². The molecule has 9 heteroatoms. The Balaban J connectivity index is 1.22. The number of anilines is 1. The summed E-state index contributed by atoms with van der Waals surface area (Å²) < 4.78 is 5.49. The molecule has 0 aliphatic carbocycles. The van der Waals surface area contributed by atoms with Crippen LogP contribution in [0.15, 0.2) is 12.3 Å². The fraction of sp³-hybridized carbons (Fsp3) is 0.667. The van der Waals surface area contributed by atoms with E-state index in [0.717, 1.165) is 56.4 Å². The molecule has 2 saturated heterocycles. The van der Waals surface area contributed by atoms with E-state index in [1.165, 1.54) is 0 Å². The van der Waals surface area contributed by atoms with Gasteiger partial charge in [0.25, 0.3) is 0 Å². The third-order valence-electron chi connectivity index (χ3n) is 6.14. The number of carbonyl (C=O) groups excluding carboxylic acids is 2. The van der Waals surface area contributed by atoms with Gasteiger partial charge in [-0.2, -0.15) is 0 Å². The second-order valence-corrected chi connectivity index (χ2v) is 10.5. The van der Waals surface area contributed by atoms with Crippen molar-refractivity contribution in [2.75, 3.05) is 44.6 Å². The highest BCUT2D eigenvalue weighted by molar-refractivity contribution is 7.27. The molecular formula is C21H32N5O3P. The average Bonchev–Trinajstić information content (AvgIpc) is 2.64. The Morgan fingerprint density at radius 3 is 2.63 bits per heavy atom. The molecule has 0 saturated carbocycles. The number of likely N-dealkylation sites (tertiary alicyclic amines) is 2. The Bertz CT molecular complexity index is 824. The van der Waals surface area contributed by atoms with Gasteiger partial charge in [0.05, 0.1) is 6.54 Å². The van der Waals surface area contributed by atoms with E-state index in [4.69, 9.17) is 4.74 Å². The molecule has 4 rings (SSSR count). The highest BCUT2D eigenvalue weighted by Crippen LogP contribution is 2.40. The van der Waals surface area contributed by atoms with Crippen LogP contribution in [0.2, 0.25) is 0 Å². The molecule has 1 aromatic heterocycles. The molecule has 1 unspecified atom stereocenters. The van der Waals surface area contributed by atoms with E-state index in [2.05, 4.69) is 30.5 Å². The maximum Gasteiger partial charge on any atom is 0.410 e. The van der Waals surface area contributed by atoms with Crippen molar-refractivity contribution in [3.05, 3.63) is 17.8 Å². The first kappa shape index (κ1) is 21.3. The highest BCUT2D eigenvalue weighted by atomic mass is 31.0. The van der Waals surface area contributed by atoms with Crippen LogP contribution in [0.3, 0.4) is 0 Å². The number of urea groups is 1. The number of rotatable bonds is 3. The lowest BCUT2D eigenvalue weighted by molar-refractivity contribution is -0.0525. The van der Waals surface area contributed by atoms with Crippen LogP contribution >= 0.6 is 9.24 Å². The van der Waals surface area contributed by atoms with Crippen LogP contribution in [0.4, 0.5) is 15.4 Å². The molecule has 3 amide bonds. The fourth-order valence-electron chi connectivity index (χ4n) is 4.53. The van der Waals surface area contributed by atoms with Crippen LogP contribution in [-0.2, 0) is 11.3 Å². The molecule has 0 bridgehead atoms. The van der Waals surface area contributed by atoms with Crippen LogP contribution in [-0.4, -0.2) is 76.7 Å². The van der Waals surface area contributed by atoms with E-state index in [1.54, 1.807) is 6.20 Å². The zero-order valence-electron chi connectivity index (χ0n) is 18.1. The number of pyridine rings is 1. The van der Waals surface area contributed by atoms with Gasteiger partial charge in [0, 0.05) is 51.0 Å². The lowest BCUT2D eigenvalue weighted by Gasteiger charge is -2.54. The van der Waals surface area contributed by atoms with Gasteiger partial charge >= 0.3 is 12.1 Å². The van der Waals surface area contributed by atoms with Crippen molar-refractivity contribution >= 4 is 32.5 Å². The van der Waals surface area contributed by atoms with Gasteiger partial charge in [-0.05, 0) is 50.4 Å². The Morgan fingerprint density at radius 2 is 1.97 bits per heavy atom. The fourth-order valence-corrected chi connectivity index (χ4v) is 4.80. The zero-order valence-corrected chi connectivity index (χ0v) is 19.3. The summed E-state index contributed by atoms with van der Waals surface area (Å²) in [5.41, 5.74) is 0.915. The molecule has 0 aromatic carbocycles. The first-order valence-corrected chi connectivity index (χ1v) is 11.2. The lowest BCUT2D eigenvalue weighted by atomic mass is 9.72. The van der Waals surface area contributed by atoms with E-state index in [9.17, 15) is 9.59 Å². The summed E-state index contributed by atoms with van der Waals surface area (Å²) in [7, 11) is 2.65. The monoisotopic (exact) mass is 433 g/mol. The lowest BCUT2D eigenvalue weighted by Crippen LogP contribution is -2.62. The topological polar surface area (TPSA) is 78.0 Å². The van der Waals surface area contributed by atoms with Gasteiger partial charge in [0.1, 0.15) is 11.4 Å². The minimum Gasteiger partial charge on any atom is -0.444 e. The third kappa shape index (κ3) is 4.70. The summed E-state index contributed by atoms with van der Waals surface area (Å²) in [6.07, 6.45) is 3.58. The Kier molecular flexibility index (Phi) is 5.66. The largest absolute Gasteiger partial charge is 0.444 e. The van der Waals surface area contributed by atoms with Crippen molar-refractivity contribution in [2.24, 2.45) is 5.41 Å². The number of nitrogens with one attached hydrogen (secondary N) is 1. The summed E-state index contributed by atoms with van der Waals surface area (Å²) >= 11 is 0. The quantitative estimate of drug-likeness (QED) is 0.740. The molecule has 1 N–H and O–H groups in total. The molecule has 1 spiro atoms. The van der Waals surface area contributed by atoms with Gasteiger partial charge in [-0.25, -0.2) is 14.6 Å². The van der Waals surface area contributed by atoms with Crippen LogP contribution in [0.25, 0.3) is 0 Å². The highest BCUT2D eigenvalue weighted by Gasteiger charge is 2.45. The van der Waals surface area contributed by atoms with Crippen LogP contribution in [0.1, 0.15) is 39.2 Å². The number of hydrogen-bond acceptors (Lipinski definition) is 5. The number of amides is 3. The molecule has 2 fully saturated rings. The molecule has 3 aliphatic rings. The predicted octanol–water partition coefficient (Wildman–Crippen LogP) is 2.26. The van der Waals surface area contributed by atoms with Crippen molar-refractivity contribution in [1.29, 1.82) is 0 Å². The zero-order chi connectivity index (χ0) is 21.5. The summed E-state index contributed by atoms with van der Waals surface area (Å²) in [6, 6.07) is 1.98. The summed E-state index contributed by atoms with van der Waals surface area (Å²) in [4.78, 5) is 35.0. The minimum absolute atomic E-state index is 0.0765. The van der Waals surface area contributed by atoms with Crippen LogP contribution in [0.5, 0.6) is 0 Å². The third-order valence-corrected chi connectivity index (χ3v) is 6.46. The van der Waals surface area contributed by atoms with Crippen molar-refractivity contribution in [2.45, 2.75) is 45.8 Å². The van der Waals surface area contributed by atoms with E-state index in [1.807, 2.05) is 30.6 Å². The Morgan fingerprint density at radius 1 is 1.27 bits per heavy atom. The first-order chi connectivity index (χ1) is 14.1. The second kappa shape index (κ2) is 7.97. The van der Waals surface area contributed by atoms with Crippen molar-refractivity contribution < 1.29 is 14.3 Å². The second-order valence-electron chi connectivity index (χ2n) is 9.81. The number of hydrogen-bond donors (Lipinski definition) is 1. The molecule has 30 heavy (non-hydrogen) atoms. The van der Waals surface area contributed by atoms with Gasteiger partial charge in [-0.1, -0.05) is 0 Å². The van der Waals surface area contributed by atoms with Crippen molar-refractivity contribution in [3.8, 4) is 0 Å². The number of aromatic nitrogens is 1. The number of fused-ring (bicyclic) bond motifs is 1. The summed E-state index contributed by atoms with van der Waals surface area (Å²) in [5.74, 6) is 0.669. The molecule has 3 aliphatic heterocycles. The van der Waals surface area contributed by atoms with Crippen molar-refractivity contribution in [3.63, 3.8) is 0 Å². The number of nitrogens with zero attached hydrogens (tertiary/aromatic N) is 4. The van der Waals surface area contributed by atoms with Crippen LogP contribution in [0, 0.1) is 5.41 Å². The van der Waals surface area contributed by atoms with Crippen molar-refractivity contribution in [1.82, 2.24) is 19.7 Å². The Hall–Kier alpha value is -1.92. The smallest absolute Gasteiger partial charge is 0.410 e. The summed E-state index contributed by atoms with van der Waals surface area (Å²) in [5, 5.41) is 3.90. The maximum absolute atomic E-state index is 12.4. The number of piperidine rings is 1. The van der Waals surface area contributed by atoms with Gasteiger partial charge in [0.2, 0.25) is 0 Å². The molecular weight excluding hydrogens is 401 g/mol. The predicted molar refractivity (Wildman–Crippen MR) is 119 cm³/mol. The summed E-state index contributed by atoms with van der Waals surface area (Å²) in [6.45, 7) is 11.5. The van der Waals surface area contributed by atoms with Gasteiger partial charge in [-0.3, -0.25) is 5.32 Å². The maximum atomic E-state index is 12.4. The van der Waals surface area contributed by atoms with Crippen LogP contribution < -0.4 is 10.6 Å². The molecule has 1 atom stereocenters. The number of ether oxygens (including phenoxy) is 1. The van der Waals surface area contributed by atoms with E-state index < -0.39 is 5.60 Å². The van der Waals surface area contributed by atoms with Gasteiger partial charge in [0.15, 0.2) is 0 Å². The number of carbonyl (C=O) groups is 2. The SMILES string of the molecule is CC(C)(C)OC(=O)N1CCC2(CC1)CN(CCN1Cc3cc(P)cnc3NC1=O)C2. The molecule has 1 aromatic rings. The van der Waals surface area contributed by atoms with Gasteiger partial charge < -0.3 is 19.4 Å². The molecule has 4 heterocycles. The minimum atomic E-state index is -0.450. The molecule has 8 nitrogen and oxygen atoms in total. The van der Waals surface area contributed by atoms with E-state index >= 15 is 0 Å². The van der Waals surface area contributed by atoms with E-state index in [0.29, 0.717) is 24.3 Å². The normalized spacial score (nSPS) is 21.1. The molecule has 164 valence electrons. The van der Waals surface area contributed by atoms with Gasteiger partial charge in [-0.15, -0.1) is 9.24 Å². The van der Waals surface area contributed by atoms with E-state index in [-0.39, 0.29) is 12.1 Å². The molecule has 0 radical (unpaired) electrons.